The van der Waals surface area contributed by atoms with Crippen LogP contribution in [0.5, 0.6) is 11.5 Å². The summed E-state index contributed by atoms with van der Waals surface area (Å²) in [5.41, 5.74) is -1.05. The minimum atomic E-state index is -4.85. The fourth-order valence-corrected chi connectivity index (χ4v) is 6.16. The van der Waals surface area contributed by atoms with Gasteiger partial charge in [0.25, 0.3) is 0 Å². The third kappa shape index (κ3) is 5.28. The first-order valence-electron chi connectivity index (χ1n) is 12.7. The summed E-state index contributed by atoms with van der Waals surface area (Å²) in [6.45, 7) is 7.38. The summed E-state index contributed by atoms with van der Waals surface area (Å²) >= 11 is 0. The largest absolute Gasteiger partial charge is 0.493 e. The van der Waals surface area contributed by atoms with E-state index in [1.54, 1.807) is 14.2 Å². The van der Waals surface area contributed by atoms with Crippen LogP contribution in [0.1, 0.15) is 57.6 Å². The molecule has 2 fully saturated rings. The summed E-state index contributed by atoms with van der Waals surface area (Å²) < 4.78 is 64.7. The van der Waals surface area contributed by atoms with Crippen LogP contribution < -0.4 is 20.1 Å². The Morgan fingerprint density at radius 3 is 2.39 bits per heavy atom. The molecule has 2 aromatic rings. The van der Waals surface area contributed by atoms with E-state index in [0.29, 0.717) is 30.4 Å². The lowest BCUT2D eigenvalue weighted by Crippen LogP contribution is -2.56. The molecule has 2 amide bonds. The molecule has 10 heteroatoms. The number of fused-ring (bicyclic) bond motifs is 1. The van der Waals surface area contributed by atoms with Crippen molar-refractivity contribution in [2.75, 3.05) is 26.1 Å². The van der Waals surface area contributed by atoms with E-state index in [4.69, 9.17) is 9.47 Å². The first-order valence-corrected chi connectivity index (χ1v) is 12.7. The van der Waals surface area contributed by atoms with Gasteiger partial charge in [0.05, 0.1) is 25.5 Å². The van der Waals surface area contributed by atoms with Crippen LogP contribution in [-0.2, 0) is 11.6 Å². The monoisotopic (exact) mass is 537 g/mol. The number of hydrogen-bond donors (Lipinski definition) is 2. The number of hydrogen-bond acceptors (Lipinski definition) is 4. The molecule has 1 aliphatic heterocycles. The topological polar surface area (TPSA) is 62.8 Å². The van der Waals surface area contributed by atoms with Gasteiger partial charge in [0, 0.05) is 23.0 Å². The highest BCUT2D eigenvalue weighted by Gasteiger charge is 2.54. The average Bonchev–Trinajstić information content (AvgIpc) is 3.24. The quantitative estimate of drug-likeness (QED) is 0.437. The number of benzene rings is 2. The van der Waals surface area contributed by atoms with E-state index in [1.165, 1.54) is 0 Å². The Morgan fingerprint density at radius 1 is 1.05 bits per heavy atom. The zero-order valence-electron chi connectivity index (χ0n) is 22.3. The van der Waals surface area contributed by atoms with E-state index < -0.39 is 29.3 Å². The lowest BCUT2D eigenvalue weighted by atomic mass is 9.64. The van der Waals surface area contributed by atoms with Crippen LogP contribution >= 0.6 is 0 Å². The second-order valence-electron chi connectivity index (χ2n) is 11.1. The van der Waals surface area contributed by atoms with Crippen molar-refractivity contribution < 1.29 is 31.8 Å². The van der Waals surface area contributed by atoms with Crippen molar-refractivity contribution >= 4 is 11.7 Å². The minimum absolute atomic E-state index is 0.102. The van der Waals surface area contributed by atoms with Crippen LogP contribution in [0.15, 0.2) is 36.4 Å². The van der Waals surface area contributed by atoms with Crippen LogP contribution in [0.3, 0.4) is 0 Å². The van der Waals surface area contributed by atoms with Crippen LogP contribution in [0.2, 0.25) is 0 Å². The number of halogens is 4. The van der Waals surface area contributed by atoms with Gasteiger partial charge in [-0.1, -0.05) is 12.1 Å². The number of ether oxygens (including phenoxy) is 2. The number of likely N-dealkylation sites (tertiary alicyclic amines) is 1. The number of methoxy groups -OCH3 is 2. The molecule has 6 nitrogen and oxygen atoms in total. The number of nitrogens with one attached hydrogen (secondary N) is 2. The highest BCUT2D eigenvalue weighted by Crippen LogP contribution is 2.52. The van der Waals surface area contributed by atoms with E-state index in [1.807, 2.05) is 12.1 Å². The fourth-order valence-electron chi connectivity index (χ4n) is 6.16. The van der Waals surface area contributed by atoms with Gasteiger partial charge in [0.15, 0.2) is 17.3 Å². The molecule has 2 N–H and O–H groups in total. The number of carbonyl (C=O) groups excluding carboxylic acids is 1. The Balaban J connectivity index is 1.56. The van der Waals surface area contributed by atoms with Crippen LogP contribution in [0.4, 0.5) is 28.0 Å². The third-order valence-electron chi connectivity index (χ3n) is 7.97. The highest BCUT2D eigenvalue weighted by molar-refractivity contribution is 5.89. The SMILES string of the molecule is COc1ccc(C23CCC(NC(=O)Nc4cccc(C(F)(F)F)c4F)CC2N(C(C)(C)C)CC3)cc1OC. The van der Waals surface area contributed by atoms with E-state index >= 15 is 0 Å². The van der Waals surface area contributed by atoms with Crippen molar-refractivity contribution in [1.29, 1.82) is 0 Å². The predicted molar refractivity (Wildman–Crippen MR) is 137 cm³/mol. The van der Waals surface area contributed by atoms with Crippen LogP contribution in [-0.4, -0.2) is 49.3 Å². The van der Waals surface area contributed by atoms with Crippen LogP contribution in [0.25, 0.3) is 0 Å². The predicted octanol–water partition coefficient (Wildman–Crippen LogP) is 6.35. The van der Waals surface area contributed by atoms with E-state index in [-0.39, 0.29) is 23.0 Å². The Labute approximate surface area is 220 Å². The molecule has 1 heterocycles. The van der Waals surface area contributed by atoms with Crippen molar-refractivity contribution in [2.24, 2.45) is 0 Å². The van der Waals surface area contributed by atoms with Gasteiger partial charge in [-0.3, -0.25) is 4.90 Å². The zero-order valence-corrected chi connectivity index (χ0v) is 22.3. The smallest absolute Gasteiger partial charge is 0.419 e. The summed E-state index contributed by atoms with van der Waals surface area (Å²) in [6.07, 6.45) is -1.80. The minimum Gasteiger partial charge on any atom is -0.493 e. The lowest BCUT2D eigenvalue weighted by molar-refractivity contribution is -0.139. The molecule has 2 aromatic carbocycles. The maximum atomic E-state index is 14.4. The molecule has 0 bridgehead atoms. The Bertz CT molecular complexity index is 1180. The molecule has 0 radical (unpaired) electrons. The molecule has 4 rings (SSSR count). The molecule has 1 aliphatic carbocycles. The van der Waals surface area contributed by atoms with Crippen molar-refractivity contribution in [1.82, 2.24) is 10.2 Å². The summed E-state index contributed by atoms with van der Waals surface area (Å²) in [5, 5.41) is 5.15. The second kappa shape index (κ2) is 10.3. The van der Waals surface area contributed by atoms with Crippen molar-refractivity contribution in [3.8, 4) is 11.5 Å². The molecule has 2 aliphatic rings. The Morgan fingerprint density at radius 2 is 1.76 bits per heavy atom. The molecule has 0 aromatic heterocycles. The molecule has 3 unspecified atom stereocenters. The summed E-state index contributed by atoms with van der Waals surface area (Å²) in [7, 11) is 3.21. The van der Waals surface area contributed by atoms with Gasteiger partial charge in [-0.05, 0) is 82.8 Å². The van der Waals surface area contributed by atoms with Gasteiger partial charge in [0.1, 0.15) is 0 Å². The molecule has 3 atom stereocenters. The van der Waals surface area contributed by atoms with E-state index in [2.05, 4.69) is 42.4 Å². The van der Waals surface area contributed by atoms with Crippen LogP contribution in [0, 0.1) is 5.82 Å². The first-order chi connectivity index (χ1) is 17.8. The highest BCUT2D eigenvalue weighted by atomic mass is 19.4. The number of carbonyl (C=O) groups is 1. The number of anilines is 1. The zero-order chi connectivity index (χ0) is 27.9. The molecule has 38 heavy (non-hydrogen) atoms. The number of urea groups is 1. The van der Waals surface area contributed by atoms with Gasteiger partial charge in [-0.15, -0.1) is 0 Å². The van der Waals surface area contributed by atoms with Gasteiger partial charge >= 0.3 is 12.2 Å². The third-order valence-corrected chi connectivity index (χ3v) is 7.97. The Kier molecular flexibility index (Phi) is 7.58. The van der Waals surface area contributed by atoms with Gasteiger partial charge in [-0.2, -0.15) is 13.2 Å². The molecule has 1 saturated carbocycles. The van der Waals surface area contributed by atoms with E-state index in [0.717, 1.165) is 37.1 Å². The summed E-state index contributed by atoms with van der Waals surface area (Å²) in [6, 6.07) is 8.01. The molecule has 1 saturated heterocycles. The van der Waals surface area contributed by atoms with Crippen molar-refractivity contribution in [3.63, 3.8) is 0 Å². The van der Waals surface area contributed by atoms with Gasteiger partial charge in [0.2, 0.25) is 0 Å². The number of nitrogens with zero attached hydrogens (tertiary/aromatic N) is 1. The number of alkyl halides is 3. The molecule has 0 spiro atoms. The molecule has 208 valence electrons. The van der Waals surface area contributed by atoms with E-state index in [9.17, 15) is 22.4 Å². The first kappa shape index (κ1) is 28.0. The van der Waals surface area contributed by atoms with Crippen molar-refractivity contribution in [3.05, 3.63) is 53.3 Å². The maximum absolute atomic E-state index is 14.4. The summed E-state index contributed by atoms with van der Waals surface area (Å²) in [4.78, 5) is 15.2. The molecular formula is C28H35F4N3O3. The van der Waals surface area contributed by atoms with Crippen molar-refractivity contribution in [2.45, 2.75) is 75.7 Å². The van der Waals surface area contributed by atoms with Gasteiger partial charge < -0.3 is 20.1 Å². The second-order valence-corrected chi connectivity index (χ2v) is 11.1. The number of rotatable bonds is 5. The summed E-state index contributed by atoms with van der Waals surface area (Å²) in [5.74, 6) is -0.181. The lowest BCUT2D eigenvalue weighted by Gasteiger charge is -2.48. The van der Waals surface area contributed by atoms with Gasteiger partial charge in [-0.25, -0.2) is 9.18 Å². The fraction of sp³-hybridized carbons (Fsp3) is 0.536. The molecular weight excluding hydrogens is 502 g/mol. The average molecular weight is 538 g/mol. The maximum Gasteiger partial charge on any atom is 0.419 e. The Hall–Kier alpha value is -3.01. The normalized spacial score (nSPS) is 24.0. The number of amides is 2. The standard InChI is InChI=1S/C28H35F4N3O3/c1-26(2,3)35-14-13-27(17-9-10-21(37-4)22(15-17)38-5)12-11-18(16-23(27)35)33-25(36)34-20-8-6-7-19(24(20)29)28(30,31)32/h6-10,15,18,23H,11-14,16H2,1-5H3,(H2,33,34,36).